The quantitative estimate of drug-likeness (QED) is 0.592. The van der Waals surface area contributed by atoms with Gasteiger partial charge in [0.2, 0.25) is 0 Å². The van der Waals surface area contributed by atoms with E-state index in [1.807, 2.05) is 6.92 Å². The van der Waals surface area contributed by atoms with Crippen LogP contribution in [0, 0.1) is 21.4 Å². The van der Waals surface area contributed by atoms with Crippen molar-refractivity contribution in [2.24, 2.45) is 0 Å². The molecule has 0 spiro atoms. The maximum atomic E-state index is 10.5. The first kappa shape index (κ1) is 14.1. The number of hydrogen-bond acceptors (Lipinski definition) is 4. The Balaban J connectivity index is 2.39. The van der Waals surface area contributed by atoms with Gasteiger partial charge in [-0.3, -0.25) is 10.1 Å². The van der Waals surface area contributed by atoms with Gasteiger partial charge in [0.25, 0.3) is 5.69 Å². The zero-order chi connectivity index (χ0) is 13.4. The minimum Gasteiger partial charge on any atom is -0.313 e. The van der Waals surface area contributed by atoms with Crippen molar-refractivity contribution in [2.75, 3.05) is 6.54 Å². The molecule has 1 atom stereocenters. The molecule has 18 heavy (non-hydrogen) atoms. The lowest BCUT2D eigenvalue weighted by Gasteiger charge is -2.13. The SMILES string of the molecule is CCC(CC#N)NCCc1ccc([N+](=O)[O-])cc1. The molecule has 1 rings (SSSR count). The molecule has 0 aliphatic carbocycles. The number of rotatable bonds is 7. The minimum absolute atomic E-state index is 0.114. The predicted molar refractivity (Wildman–Crippen MR) is 69.1 cm³/mol. The van der Waals surface area contributed by atoms with Gasteiger partial charge >= 0.3 is 0 Å². The highest BCUT2D eigenvalue weighted by atomic mass is 16.6. The molecule has 0 bridgehead atoms. The van der Waals surface area contributed by atoms with Crippen LogP contribution in [-0.2, 0) is 6.42 Å². The van der Waals surface area contributed by atoms with E-state index in [0.29, 0.717) is 6.42 Å². The highest BCUT2D eigenvalue weighted by Gasteiger charge is 2.06. The Labute approximate surface area is 107 Å². The normalized spacial score (nSPS) is 11.8. The monoisotopic (exact) mass is 247 g/mol. The number of benzene rings is 1. The van der Waals surface area contributed by atoms with Gasteiger partial charge in [0.05, 0.1) is 17.4 Å². The molecular weight excluding hydrogens is 230 g/mol. The van der Waals surface area contributed by atoms with Crippen LogP contribution in [0.3, 0.4) is 0 Å². The molecule has 1 N–H and O–H groups in total. The molecule has 0 saturated carbocycles. The summed E-state index contributed by atoms with van der Waals surface area (Å²) in [4.78, 5) is 10.1. The van der Waals surface area contributed by atoms with Crippen molar-refractivity contribution >= 4 is 5.69 Å². The van der Waals surface area contributed by atoms with Gasteiger partial charge in [-0.15, -0.1) is 0 Å². The van der Waals surface area contributed by atoms with Gasteiger partial charge in [0.1, 0.15) is 0 Å². The summed E-state index contributed by atoms with van der Waals surface area (Å²) in [6, 6.07) is 8.95. The second-order valence-electron chi connectivity index (χ2n) is 4.10. The third-order valence-electron chi connectivity index (χ3n) is 2.82. The van der Waals surface area contributed by atoms with Crippen LogP contribution in [0.1, 0.15) is 25.3 Å². The average molecular weight is 247 g/mol. The van der Waals surface area contributed by atoms with Crippen molar-refractivity contribution < 1.29 is 4.92 Å². The van der Waals surface area contributed by atoms with Crippen LogP contribution in [-0.4, -0.2) is 17.5 Å². The Kier molecular flexibility index (Phi) is 5.81. The number of non-ortho nitro benzene ring substituents is 1. The van der Waals surface area contributed by atoms with Crippen molar-refractivity contribution in [2.45, 2.75) is 32.2 Å². The molecule has 5 heteroatoms. The Morgan fingerprint density at radius 3 is 2.61 bits per heavy atom. The van der Waals surface area contributed by atoms with Crippen LogP contribution in [0.15, 0.2) is 24.3 Å². The fraction of sp³-hybridized carbons (Fsp3) is 0.462. The van der Waals surface area contributed by atoms with Gasteiger partial charge in [0.15, 0.2) is 0 Å². The van der Waals surface area contributed by atoms with Crippen LogP contribution in [0.25, 0.3) is 0 Å². The fourth-order valence-electron chi connectivity index (χ4n) is 1.68. The van der Waals surface area contributed by atoms with E-state index in [-0.39, 0.29) is 11.7 Å². The number of nitrogens with one attached hydrogen (secondary N) is 1. The molecule has 0 aromatic heterocycles. The van der Waals surface area contributed by atoms with Crippen LogP contribution < -0.4 is 5.32 Å². The molecule has 0 aliphatic rings. The molecule has 1 aromatic rings. The Hall–Kier alpha value is -1.93. The molecule has 96 valence electrons. The highest BCUT2D eigenvalue weighted by molar-refractivity contribution is 5.32. The first-order chi connectivity index (χ1) is 8.67. The van der Waals surface area contributed by atoms with E-state index in [2.05, 4.69) is 11.4 Å². The largest absolute Gasteiger partial charge is 0.313 e. The third-order valence-corrected chi connectivity index (χ3v) is 2.82. The van der Waals surface area contributed by atoms with Crippen molar-refractivity contribution in [3.05, 3.63) is 39.9 Å². The maximum Gasteiger partial charge on any atom is 0.269 e. The Morgan fingerprint density at radius 1 is 1.44 bits per heavy atom. The lowest BCUT2D eigenvalue weighted by Crippen LogP contribution is -2.29. The van der Waals surface area contributed by atoms with Crippen molar-refractivity contribution in [1.82, 2.24) is 5.32 Å². The first-order valence-corrected chi connectivity index (χ1v) is 6.01. The van der Waals surface area contributed by atoms with Crippen LogP contribution >= 0.6 is 0 Å². The summed E-state index contributed by atoms with van der Waals surface area (Å²) in [5.74, 6) is 0. The Morgan fingerprint density at radius 2 is 2.11 bits per heavy atom. The third kappa shape index (κ3) is 4.52. The summed E-state index contributed by atoms with van der Waals surface area (Å²) in [6.45, 7) is 2.82. The Bertz CT molecular complexity index is 423. The van der Waals surface area contributed by atoms with Crippen molar-refractivity contribution in [1.29, 1.82) is 5.26 Å². The molecule has 0 aliphatic heterocycles. The van der Waals surface area contributed by atoms with E-state index in [0.717, 1.165) is 24.9 Å². The molecule has 1 aromatic carbocycles. The first-order valence-electron chi connectivity index (χ1n) is 6.01. The fourth-order valence-corrected chi connectivity index (χ4v) is 1.68. The van der Waals surface area contributed by atoms with Crippen LogP contribution in [0.5, 0.6) is 0 Å². The van der Waals surface area contributed by atoms with Gasteiger partial charge < -0.3 is 5.32 Å². The average Bonchev–Trinajstić information content (AvgIpc) is 2.38. The molecule has 0 fully saturated rings. The number of nitriles is 1. The van der Waals surface area contributed by atoms with E-state index >= 15 is 0 Å². The maximum absolute atomic E-state index is 10.5. The van der Waals surface area contributed by atoms with E-state index in [1.165, 1.54) is 12.1 Å². The lowest BCUT2D eigenvalue weighted by atomic mass is 10.1. The molecular formula is C13H17N3O2. The zero-order valence-electron chi connectivity index (χ0n) is 10.4. The van der Waals surface area contributed by atoms with Gasteiger partial charge in [-0.1, -0.05) is 19.1 Å². The summed E-state index contributed by atoms with van der Waals surface area (Å²) in [5.41, 5.74) is 1.17. The second-order valence-corrected chi connectivity index (χ2v) is 4.10. The van der Waals surface area contributed by atoms with Gasteiger partial charge in [-0.2, -0.15) is 5.26 Å². The number of hydrogen-bond donors (Lipinski definition) is 1. The highest BCUT2D eigenvalue weighted by Crippen LogP contribution is 2.12. The predicted octanol–water partition coefficient (Wildman–Crippen LogP) is 2.42. The summed E-state index contributed by atoms with van der Waals surface area (Å²) < 4.78 is 0. The molecule has 0 radical (unpaired) electrons. The molecule has 0 amide bonds. The second kappa shape index (κ2) is 7.41. The zero-order valence-corrected chi connectivity index (χ0v) is 10.4. The summed E-state index contributed by atoms with van der Waals surface area (Å²) in [7, 11) is 0. The molecule has 5 nitrogen and oxygen atoms in total. The van der Waals surface area contributed by atoms with Crippen molar-refractivity contribution in [3.63, 3.8) is 0 Å². The molecule has 1 unspecified atom stereocenters. The number of nitro groups is 1. The van der Waals surface area contributed by atoms with Crippen molar-refractivity contribution in [3.8, 4) is 6.07 Å². The van der Waals surface area contributed by atoms with E-state index in [1.54, 1.807) is 12.1 Å². The summed E-state index contributed by atoms with van der Waals surface area (Å²) in [5, 5.41) is 22.4. The van der Waals surface area contributed by atoms with Gasteiger partial charge in [-0.25, -0.2) is 0 Å². The lowest BCUT2D eigenvalue weighted by molar-refractivity contribution is -0.384. The molecule has 0 saturated heterocycles. The number of nitrogens with zero attached hydrogens (tertiary/aromatic N) is 2. The van der Waals surface area contributed by atoms with E-state index in [9.17, 15) is 10.1 Å². The standard InChI is InChI=1S/C13H17N3O2/c1-2-12(7-9-14)15-10-8-11-3-5-13(6-4-11)16(17)18/h3-6,12,15H,2,7-8,10H2,1H3. The van der Waals surface area contributed by atoms with Gasteiger partial charge in [-0.05, 0) is 24.9 Å². The smallest absolute Gasteiger partial charge is 0.269 e. The summed E-state index contributed by atoms with van der Waals surface area (Å²) in [6.07, 6.45) is 2.24. The topological polar surface area (TPSA) is 79.0 Å². The van der Waals surface area contributed by atoms with Gasteiger partial charge in [0, 0.05) is 18.2 Å². The van der Waals surface area contributed by atoms with Crippen LogP contribution in [0.4, 0.5) is 5.69 Å². The molecule has 0 heterocycles. The van der Waals surface area contributed by atoms with E-state index in [4.69, 9.17) is 5.26 Å². The number of nitro benzene ring substituents is 1. The summed E-state index contributed by atoms with van der Waals surface area (Å²) >= 11 is 0. The van der Waals surface area contributed by atoms with E-state index < -0.39 is 4.92 Å². The minimum atomic E-state index is -0.401. The van der Waals surface area contributed by atoms with Crippen LogP contribution in [0.2, 0.25) is 0 Å².